The van der Waals surface area contributed by atoms with Crippen molar-refractivity contribution in [3.63, 3.8) is 0 Å². The summed E-state index contributed by atoms with van der Waals surface area (Å²) in [5.41, 5.74) is 1.64. The normalized spacial score (nSPS) is 10.5. The number of nitrogens with zero attached hydrogens (tertiary/aromatic N) is 3. The summed E-state index contributed by atoms with van der Waals surface area (Å²) in [6.45, 7) is 4.49. The minimum Gasteiger partial charge on any atom is -0.295 e. The summed E-state index contributed by atoms with van der Waals surface area (Å²) in [5, 5.41) is 4.18. The Labute approximate surface area is 100 Å². The minimum atomic E-state index is 0.0633. The van der Waals surface area contributed by atoms with Crippen molar-refractivity contribution < 1.29 is 4.79 Å². The lowest BCUT2D eigenvalue weighted by Gasteiger charge is -2.05. The van der Waals surface area contributed by atoms with E-state index in [1.165, 1.54) is 0 Å². The van der Waals surface area contributed by atoms with Gasteiger partial charge in [0.2, 0.25) is 0 Å². The third-order valence-corrected chi connectivity index (χ3v) is 2.58. The molecule has 0 aliphatic rings. The summed E-state index contributed by atoms with van der Waals surface area (Å²) in [6, 6.07) is 7.49. The fraction of sp³-hybridized carbons (Fsp3) is 0.308. The van der Waals surface area contributed by atoms with Crippen LogP contribution in [0.4, 0.5) is 0 Å². The van der Waals surface area contributed by atoms with E-state index in [1.807, 2.05) is 28.9 Å². The van der Waals surface area contributed by atoms with Crippen LogP contribution in [0.3, 0.4) is 0 Å². The Bertz CT molecular complexity index is 531. The Morgan fingerprint density at radius 3 is 2.94 bits per heavy atom. The van der Waals surface area contributed by atoms with Gasteiger partial charge in [0.25, 0.3) is 0 Å². The zero-order chi connectivity index (χ0) is 12.3. The van der Waals surface area contributed by atoms with E-state index in [2.05, 4.69) is 17.0 Å². The van der Waals surface area contributed by atoms with Gasteiger partial charge in [-0.1, -0.05) is 25.1 Å². The van der Waals surface area contributed by atoms with E-state index in [4.69, 9.17) is 0 Å². The van der Waals surface area contributed by atoms with Crippen molar-refractivity contribution in [2.24, 2.45) is 0 Å². The average Bonchev–Trinajstić information content (AvgIpc) is 2.78. The molecule has 2 aromatic rings. The highest BCUT2D eigenvalue weighted by Gasteiger charge is 2.08. The smallest absolute Gasteiger partial charge is 0.159 e. The first-order valence-corrected chi connectivity index (χ1v) is 5.71. The molecule has 1 aromatic carbocycles. The molecule has 0 saturated carbocycles. The van der Waals surface area contributed by atoms with Gasteiger partial charge in [0.05, 0.1) is 0 Å². The van der Waals surface area contributed by atoms with E-state index in [9.17, 15) is 4.79 Å². The fourth-order valence-electron chi connectivity index (χ4n) is 1.74. The maximum atomic E-state index is 11.3. The van der Waals surface area contributed by atoms with Crippen molar-refractivity contribution in [1.82, 2.24) is 14.8 Å². The number of carbonyl (C=O) groups excluding carboxylic acids is 1. The van der Waals surface area contributed by atoms with Crippen LogP contribution in [0.2, 0.25) is 0 Å². The predicted octanol–water partition coefficient (Wildman–Crippen LogP) is 2.56. The monoisotopic (exact) mass is 229 g/mol. The molecule has 0 saturated heterocycles. The maximum absolute atomic E-state index is 11.3. The molecule has 1 aromatic heterocycles. The fourth-order valence-corrected chi connectivity index (χ4v) is 1.74. The first-order chi connectivity index (χ1) is 8.22. The number of carbonyl (C=O) groups is 1. The van der Waals surface area contributed by atoms with Crippen molar-refractivity contribution in [2.45, 2.75) is 26.8 Å². The highest BCUT2D eigenvalue weighted by molar-refractivity contribution is 5.95. The van der Waals surface area contributed by atoms with Crippen LogP contribution in [-0.2, 0) is 6.54 Å². The molecule has 0 bridgehead atoms. The third kappa shape index (κ3) is 2.41. The van der Waals surface area contributed by atoms with Crippen LogP contribution in [0.25, 0.3) is 11.4 Å². The van der Waals surface area contributed by atoms with Crippen LogP contribution < -0.4 is 0 Å². The summed E-state index contributed by atoms with van der Waals surface area (Å²) in [4.78, 5) is 15.6. The van der Waals surface area contributed by atoms with Gasteiger partial charge in [0.1, 0.15) is 6.33 Å². The van der Waals surface area contributed by atoms with E-state index in [-0.39, 0.29) is 5.78 Å². The van der Waals surface area contributed by atoms with Gasteiger partial charge in [-0.25, -0.2) is 9.67 Å². The zero-order valence-corrected chi connectivity index (χ0v) is 10.1. The number of Topliss-reactive ketones (excluding diaryl/α,β-unsaturated/α-hetero) is 1. The molecule has 0 atom stereocenters. The van der Waals surface area contributed by atoms with Gasteiger partial charge in [-0.3, -0.25) is 4.79 Å². The van der Waals surface area contributed by atoms with Crippen molar-refractivity contribution in [1.29, 1.82) is 0 Å². The highest BCUT2D eigenvalue weighted by atomic mass is 16.1. The van der Waals surface area contributed by atoms with E-state index in [0.717, 1.165) is 24.4 Å². The topological polar surface area (TPSA) is 47.8 Å². The van der Waals surface area contributed by atoms with Gasteiger partial charge in [0.15, 0.2) is 11.6 Å². The lowest BCUT2D eigenvalue weighted by molar-refractivity contribution is 0.101. The summed E-state index contributed by atoms with van der Waals surface area (Å²) in [5.74, 6) is 0.878. The summed E-state index contributed by atoms with van der Waals surface area (Å²) < 4.78 is 1.86. The van der Waals surface area contributed by atoms with Crippen molar-refractivity contribution >= 4 is 5.78 Å². The van der Waals surface area contributed by atoms with Gasteiger partial charge in [-0.05, 0) is 19.4 Å². The number of hydrogen-bond donors (Lipinski definition) is 0. The Morgan fingerprint density at radius 2 is 2.24 bits per heavy atom. The molecular formula is C13H15N3O. The maximum Gasteiger partial charge on any atom is 0.159 e. The van der Waals surface area contributed by atoms with E-state index < -0.39 is 0 Å². The molecule has 0 spiro atoms. The molecule has 88 valence electrons. The average molecular weight is 229 g/mol. The molecule has 17 heavy (non-hydrogen) atoms. The third-order valence-electron chi connectivity index (χ3n) is 2.58. The van der Waals surface area contributed by atoms with Crippen LogP contribution in [0.15, 0.2) is 30.6 Å². The lowest BCUT2D eigenvalue weighted by atomic mass is 10.1. The summed E-state index contributed by atoms with van der Waals surface area (Å²) >= 11 is 0. The van der Waals surface area contributed by atoms with E-state index in [0.29, 0.717) is 5.56 Å². The van der Waals surface area contributed by atoms with Gasteiger partial charge in [-0.15, -0.1) is 0 Å². The summed E-state index contributed by atoms with van der Waals surface area (Å²) in [6.07, 6.45) is 2.55. The molecule has 1 heterocycles. The van der Waals surface area contributed by atoms with Crippen molar-refractivity contribution in [3.8, 4) is 11.4 Å². The Hall–Kier alpha value is -1.97. The molecule has 4 nitrogen and oxygen atoms in total. The molecule has 0 amide bonds. The van der Waals surface area contributed by atoms with Gasteiger partial charge in [0, 0.05) is 17.7 Å². The molecule has 0 aliphatic carbocycles. The number of hydrogen-bond acceptors (Lipinski definition) is 3. The Kier molecular flexibility index (Phi) is 3.32. The first kappa shape index (κ1) is 11.5. The summed E-state index contributed by atoms with van der Waals surface area (Å²) in [7, 11) is 0. The minimum absolute atomic E-state index is 0.0633. The molecule has 0 fully saturated rings. The van der Waals surface area contributed by atoms with Gasteiger partial charge < -0.3 is 0 Å². The number of aryl methyl sites for hydroxylation is 1. The van der Waals surface area contributed by atoms with Crippen LogP contribution in [-0.4, -0.2) is 20.5 Å². The largest absolute Gasteiger partial charge is 0.295 e. The Morgan fingerprint density at radius 1 is 1.41 bits per heavy atom. The SMILES string of the molecule is CCCn1ncnc1-c1cccc(C(C)=O)c1. The van der Waals surface area contributed by atoms with Gasteiger partial charge >= 0.3 is 0 Å². The quantitative estimate of drug-likeness (QED) is 0.757. The number of aromatic nitrogens is 3. The highest BCUT2D eigenvalue weighted by Crippen LogP contribution is 2.18. The standard InChI is InChI=1S/C13H15N3O/c1-3-7-16-13(14-9-15-16)12-6-4-5-11(8-12)10(2)17/h4-6,8-9H,3,7H2,1-2H3. The molecule has 2 rings (SSSR count). The second kappa shape index (κ2) is 4.91. The predicted molar refractivity (Wildman–Crippen MR) is 65.8 cm³/mol. The van der Waals surface area contributed by atoms with Crippen molar-refractivity contribution in [2.75, 3.05) is 0 Å². The second-order valence-electron chi connectivity index (χ2n) is 3.94. The van der Waals surface area contributed by atoms with Crippen LogP contribution >= 0.6 is 0 Å². The van der Waals surface area contributed by atoms with Crippen LogP contribution in [0, 0.1) is 0 Å². The van der Waals surface area contributed by atoms with Crippen LogP contribution in [0.5, 0.6) is 0 Å². The number of benzene rings is 1. The zero-order valence-electron chi connectivity index (χ0n) is 10.1. The molecule has 0 N–H and O–H groups in total. The molecule has 0 unspecified atom stereocenters. The molecule has 0 aliphatic heterocycles. The van der Waals surface area contributed by atoms with Crippen molar-refractivity contribution in [3.05, 3.63) is 36.2 Å². The molecule has 0 radical (unpaired) electrons. The second-order valence-corrected chi connectivity index (χ2v) is 3.94. The van der Waals surface area contributed by atoms with E-state index in [1.54, 1.807) is 13.3 Å². The number of rotatable bonds is 4. The van der Waals surface area contributed by atoms with Crippen LogP contribution in [0.1, 0.15) is 30.6 Å². The number of ketones is 1. The molecule has 4 heteroatoms. The molecular weight excluding hydrogens is 214 g/mol. The Balaban J connectivity index is 2.42. The first-order valence-electron chi connectivity index (χ1n) is 5.71. The van der Waals surface area contributed by atoms with E-state index >= 15 is 0 Å². The van der Waals surface area contributed by atoms with Gasteiger partial charge in [-0.2, -0.15) is 5.10 Å². The lowest BCUT2D eigenvalue weighted by Crippen LogP contribution is -2.02.